The summed E-state index contributed by atoms with van der Waals surface area (Å²) in [6.07, 6.45) is 8.58. The Balaban J connectivity index is 1.62. The van der Waals surface area contributed by atoms with Gasteiger partial charge in [0.15, 0.2) is 0 Å². The molecule has 0 aliphatic heterocycles. The van der Waals surface area contributed by atoms with E-state index in [1.165, 1.54) is 50.6 Å². The smallest absolute Gasteiger partial charge is 0.0317 e. The van der Waals surface area contributed by atoms with Gasteiger partial charge in [0.25, 0.3) is 0 Å². The molecule has 0 spiro atoms. The van der Waals surface area contributed by atoms with Crippen LogP contribution in [0.5, 0.6) is 0 Å². The fraction of sp³-hybridized carbons (Fsp3) is 0.625. The Kier molecular flexibility index (Phi) is 3.55. The van der Waals surface area contributed by atoms with Crippen molar-refractivity contribution in [1.29, 1.82) is 0 Å². The maximum atomic E-state index is 5.87. The minimum atomic E-state index is 0.854. The monoisotopic (exact) mass is 244 g/mol. The van der Waals surface area contributed by atoms with E-state index in [0.717, 1.165) is 24.2 Å². The van der Waals surface area contributed by atoms with Gasteiger partial charge in [-0.1, -0.05) is 25.0 Å². The van der Waals surface area contributed by atoms with Gasteiger partial charge in [0.05, 0.1) is 0 Å². The molecule has 2 saturated carbocycles. The molecular weight excluding hydrogens is 220 g/mol. The van der Waals surface area contributed by atoms with Crippen molar-refractivity contribution >= 4 is 5.69 Å². The molecule has 0 radical (unpaired) electrons. The Bertz CT molecular complexity index is 392. The average molecular weight is 244 g/mol. The standard InChI is InChI=1S/C16H24N2/c17-15-7-3-6-14(10-15)12-18(16-8-9-16)11-13-4-1-2-5-13/h3,6-7,10,13,16H,1-2,4-5,8-9,11-12,17H2. The zero-order valence-corrected chi connectivity index (χ0v) is 11.1. The molecule has 1 aromatic carbocycles. The third kappa shape index (κ3) is 3.05. The number of benzene rings is 1. The first kappa shape index (κ1) is 12.0. The van der Waals surface area contributed by atoms with Crippen LogP contribution >= 0.6 is 0 Å². The largest absolute Gasteiger partial charge is 0.399 e. The lowest BCUT2D eigenvalue weighted by Gasteiger charge is -2.25. The van der Waals surface area contributed by atoms with Gasteiger partial charge in [-0.2, -0.15) is 0 Å². The Labute approximate surface area is 110 Å². The summed E-state index contributed by atoms with van der Waals surface area (Å²) in [6.45, 7) is 2.39. The Morgan fingerprint density at radius 3 is 2.56 bits per heavy atom. The van der Waals surface area contributed by atoms with Crippen LogP contribution in [0.1, 0.15) is 44.1 Å². The van der Waals surface area contributed by atoms with Crippen molar-refractivity contribution in [3.63, 3.8) is 0 Å². The number of rotatable bonds is 5. The summed E-state index contributed by atoms with van der Waals surface area (Å²) in [5, 5.41) is 0. The third-order valence-corrected chi connectivity index (χ3v) is 4.37. The second-order valence-corrected chi connectivity index (χ2v) is 6.06. The molecule has 2 fully saturated rings. The van der Waals surface area contributed by atoms with Gasteiger partial charge >= 0.3 is 0 Å². The van der Waals surface area contributed by atoms with Crippen molar-refractivity contribution in [3.8, 4) is 0 Å². The zero-order valence-electron chi connectivity index (χ0n) is 11.1. The van der Waals surface area contributed by atoms with E-state index in [2.05, 4.69) is 23.1 Å². The van der Waals surface area contributed by atoms with Crippen LogP contribution in [0.25, 0.3) is 0 Å². The topological polar surface area (TPSA) is 29.3 Å². The van der Waals surface area contributed by atoms with E-state index in [-0.39, 0.29) is 0 Å². The average Bonchev–Trinajstić information content (AvgIpc) is 3.08. The third-order valence-electron chi connectivity index (χ3n) is 4.37. The van der Waals surface area contributed by atoms with Crippen LogP contribution in [0.3, 0.4) is 0 Å². The van der Waals surface area contributed by atoms with Gasteiger partial charge in [0.1, 0.15) is 0 Å². The lowest BCUT2D eigenvalue weighted by molar-refractivity contribution is 0.214. The predicted octanol–water partition coefficient (Wildman–Crippen LogP) is 3.42. The summed E-state index contributed by atoms with van der Waals surface area (Å²) >= 11 is 0. The van der Waals surface area contributed by atoms with E-state index in [4.69, 9.17) is 5.73 Å². The van der Waals surface area contributed by atoms with Gasteiger partial charge in [0.2, 0.25) is 0 Å². The highest BCUT2D eigenvalue weighted by atomic mass is 15.2. The number of nitrogens with zero attached hydrogens (tertiary/aromatic N) is 1. The Morgan fingerprint density at radius 1 is 1.11 bits per heavy atom. The fourth-order valence-electron chi connectivity index (χ4n) is 3.23. The zero-order chi connectivity index (χ0) is 12.4. The first-order valence-corrected chi connectivity index (χ1v) is 7.40. The van der Waals surface area contributed by atoms with Crippen molar-refractivity contribution in [2.45, 2.75) is 51.1 Å². The van der Waals surface area contributed by atoms with E-state index in [1.54, 1.807) is 0 Å². The molecule has 18 heavy (non-hydrogen) atoms. The molecule has 98 valence electrons. The highest BCUT2D eigenvalue weighted by Crippen LogP contribution is 2.33. The molecule has 0 bridgehead atoms. The van der Waals surface area contributed by atoms with Gasteiger partial charge in [-0.3, -0.25) is 4.90 Å². The van der Waals surface area contributed by atoms with E-state index in [0.29, 0.717) is 0 Å². The molecular formula is C16H24N2. The summed E-state index contributed by atoms with van der Waals surface area (Å²) < 4.78 is 0. The Morgan fingerprint density at radius 2 is 1.89 bits per heavy atom. The van der Waals surface area contributed by atoms with Crippen LogP contribution in [-0.4, -0.2) is 17.5 Å². The van der Waals surface area contributed by atoms with E-state index >= 15 is 0 Å². The number of anilines is 1. The normalized spacial score (nSPS) is 20.7. The highest BCUT2D eigenvalue weighted by molar-refractivity contribution is 5.40. The van der Waals surface area contributed by atoms with E-state index < -0.39 is 0 Å². The second-order valence-electron chi connectivity index (χ2n) is 6.06. The minimum absolute atomic E-state index is 0.854. The predicted molar refractivity (Wildman–Crippen MR) is 76.2 cm³/mol. The number of nitrogens with two attached hydrogens (primary N) is 1. The van der Waals surface area contributed by atoms with Crippen molar-refractivity contribution in [1.82, 2.24) is 4.90 Å². The van der Waals surface area contributed by atoms with Gasteiger partial charge in [0, 0.05) is 24.8 Å². The minimum Gasteiger partial charge on any atom is -0.399 e. The van der Waals surface area contributed by atoms with Gasteiger partial charge in [-0.05, 0) is 49.3 Å². The summed E-state index contributed by atoms with van der Waals surface area (Å²) in [6, 6.07) is 9.24. The van der Waals surface area contributed by atoms with Gasteiger partial charge < -0.3 is 5.73 Å². The SMILES string of the molecule is Nc1cccc(CN(CC2CCCC2)C2CC2)c1. The molecule has 2 nitrogen and oxygen atoms in total. The molecule has 0 saturated heterocycles. The molecule has 2 aliphatic carbocycles. The van der Waals surface area contributed by atoms with Crippen LogP contribution in [0.4, 0.5) is 5.69 Å². The molecule has 0 heterocycles. The molecule has 2 heteroatoms. The van der Waals surface area contributed by atoms with Crippen LogP contribution < -0.4 is 5.73 Å². The lowest BCUT2D eigenvalue weighted by atomic mass is 10.1. The maximum Gasteiger partial charge on any atom is 0.0317 e. The first-order valence-electron chi connectivity index (χ1n) is 7.40. The number of hydrogen-bond acceptors (Lipinski definition) is 2. The Hall–Kier alpha value is -1.02. The highest BCUT2D eigenvalue weighted by Gasteiger charge is 2.31. The van der Waals surface area contributed by atoms with Gasteiger partial charge in [-0.15, -0.1) is 0 Å². The maximum absolute atomic E-state index is 5.87. The number of nitrogen functional groups attached to an aromatic ring is 1. The van der Waals surface area contributed by atoms with Crippen molar-refractivity contribution in [2.24, 2.45) is 5.92 Å². The van der Waals surface area contributed by atoms with Crippen LogP contribution in [0.2, 0.25) is 0 Å². The number of hydrogen-bond donors (Lipinski definition) is 1. The molecule has 2 N–H and O–H groups in total. The summed E-state index contributed by atoms with van der Waals surface area (Å²) in [5.74, 6) is 0.951. The molecule has 3 rings (SSSR count). The second kappa shape index (κ2) is 5.31. The summed E-state index contributed by atoms with van der Waals surface area (Å²) in [4.78, 5) is 2.70. The van der Waals surface area contributed by atoms with Crippen LogP contribution in [0.15, 0.2) is 24.3 Å². The van der Waals surface area contributed by atoms with E-state index in [1.807, 2.05) is 6.07 Å². The molecule has 0 unspecified atom stereocenters. The summed E-state index contributed by atoms with van der Waals surface area (Å²) in [7, 11) is 0. The van der Waals surface area contributed by atoms with Crippen LogP contribution in [-0.2, 0) is 6.54 Å². The van der Waals surface area contributed by atoms with Crippen molar-refractivity contribution in [3.05, 3.63) is 29.8 Å². The summed E-state index contributed by atoms with van der Waals surface area (Å²) in [5.41, 5.74) is 8.14. The van der Waals surface area contributed by atoms with Crippen LogP contribution in [0, 0.1) is 5.92 Å². The quantitative estimate of drug-likeness (QED) is 0.804. The molecule has 2 aliphatic rings. The fourth-order valence-corrected chi connectivity index (χ4v) is 3.23. The molecule has 0 amide bonds. The molecule has 0 aromatic heterocycles. The van der Waals surface area contributed by atoms with Crippen molar-refractivity contribution < 1.29 is 0 Å². The lowest BCUT2D eigenvalue weighted by Crippen LogP contribution is -2.30. The first-order chi connectivity index (χ1) is 8.81. The molecule has 0 atom stereocenters. The van der Waals surface area contributed by atoms with E-state index in [9.17, 15) is 0 Å². The van der Waals surface area contributed by atoms with Gasteiger partial charge in [-0.25, -0.2) is 0 Å². The molecule has 1 aromatic rings. The van der Waals surface area contributed by atoms with Crippen molar-refractivity contribution in [2.75, 3.05) is 12.3 Å².